The first-order chi connectivity index (χ1) is 8.47. The van der Waals surface area contributed by atoms with E-state index in [9.17, 15) is 9.59 Å². The van der Waals surface area contributed by atoms with E-state index in [1.165, 1.54) is 0 Å². The zero-order valence-corrected chi connectivity index (χ0v) is 10.8. The van der Waals surface area contributed by atoms with E-state index >= 15 is 0 Å². The molecular formula is C12H16ClNO4. The molecule has 0 fully saturated rings. The third-order valence-corrected chi connectivity index (χ3v) is 1.99. The molecule has 0 aliphatic heterocycles. The molecule has 1 rings (SSSR count). The molecule has 18 heavy (non-hydrogen) atoms. The Hall–Kier alpha value is -1.59. The van der Waals surface area contributed by atoms with E-state index in [0.29, 0.717) is 6.61 Å². The average Bonchev–Trinajstić information content (AvgIpc) is 2.30. The average molecular weight is 274 g/mol. The number of hydrogen-bond donors (Lipinski definition) is 2. The molecule has 0 radical (unpaired) electrons. The smallest absolute Gasteiger partial charge is 0.403 e. The molecule has 0 heterocycles. The highest BCUT2D eigenvalue weighted by atomic mass is 35.5. The molecule has 0 amide bonds. The summed E-state index contributed by atoms with van der Waals surface area (Å²) in [5.74, 6) is -0.869. The minimum absolute atomic E-state index is 0.0238. The van der Waals surface area contributed by atoms with Crippen LogP contribution >= 0.6 is 11.6 Å². The summed E-state index contributed by atoms with van der Waals surface area (Å²) in [5, 5.41) is 8.47. The number of carboxylic acids is 1. The van der Waals surface area contributed by atoms with E-state index in [1.54, 1.807) is 6.92 Å². The molecule has 0 aliphatic rings. The van der Waals surface area contributed by atoms with E-state index < -0.39 is 17.4 Å². The van der Waals surface area contributed by atoms with Crippen molar-refractivity contribution in [1.29, 1.82) is 0 Å². The highest BCUT2D eigenvalue weighted by molar-refractivity contribution is 6.61. The summed E-state index contributed by atoms with van der Waals surface area (Å²) in [7, 11) is 0. The van der Waals surface area contributed by atoms with Crippen LogP contribution in [0.3, 0.4) is 0 Å². The molecule has 0 spiro atoms. The largest absolute Gasteiger partial charge is 0.481 e. The summed E-state index contributed by atoms with van der Waals surface area (Å²) >= 11 is 4.72. The first-order valence-electron chi connectivity index (χ1n) is 5.32. The second-order valence-electron chi connectivity index (χ2n) is 3.29. The van der Waals surface area contributed by atoms with Gasteiger partial charge in [0.05, 0.1) is 13.0 Å². The van der Waals surface area contributed by atoms with Crippen LogP contribution in [0.1, 0.15) is 24.9 Å². The fourth-order valence-corrected chi connectivity index (χ4v) is 1.23. The standard InChI is InChI=1S/C9H11NO2.C3H5ClO2/c10-8(6-9(11)12)7-4-2-1-3-5-7;1-2-6-3(4)5/h1-5,8H,6,10H2,(H,11,12);2H2,1H3/t8-;/m0./s1. The molecule has 0 aliphatic carbocycles. The van der Waals surface area contributed by atoms with Crippen molar-refractivity contribution in [2.45, 2.75) is 19.4 Å². The van der Waals surface area contributed by atoms with Crippen LogP contribution in [0, 0.1) is 0 Å². The zero-order valence-electron chi connectivity index (χ0n) is 10.0. The Bertz CT molecular complexity index is 370. The van der Waals surface area contributed by atoms with Gasteiger partial charge in [-0.3, -0.25) is 4.79 Å². The van der Waals surface area contributed by atoms with Crippen LogP contribution in [0.2, 0.25) is 0 Å². The monoisotopic (exact) mass is 273 g/mol. The van der Waals surface area contributed by atoms with E-state index in [4.69, 9.17) is 22.4 Å². The van der Waals surface area contributed by atoms with Crippen LogP contribution in [-0.2, 0) is 9.53 Å². The lowest BCUT2D eigenvalue weighted by atomic mass is 10.1. The van der Waals surface area contributed by atoms with Crippen molar-refractivity contribution in [3.05, 3.63) is 35.9 Å². The quantitative estimate of drug-likeness (QED) is 0.823. The van der Waals surface area contributed by atoms with Crippen LogP contribution in [0.4, 0.5) is 4.79 Å². The minimum atomic E-state index is -0.869. The Kier molecular flexibility index (Phi) is 8.61. The van der Waals surface area contributed by atoms with Crippen molar-refractivity contribution in [3.63, 3.8) is 0 Å². The fourth-order valence-electron chi connectivity index (χ4n) is 1.12. The number of ether oxygens (including phenoxy) is 1. The van der Waals surface area contributed by atoms with Crippen LogP contribution in [0.25, 0.3) is 0 Å². The van der Waals surface area contributed by atoms with E-state index in [-0.39, 0.29) is 6.42 Å². The number of halogens is 1. The van der Waals surface area contributed by atoms with Gasteiger partial charge in [-0.15, -0.1) is 0 Å². The van der Waals surface area contributed by atoms with Gasteiger partial charge in [-0.25, -0.2) is 4.79 Å². The van der Waals surface area contributed by atoms with Crippen molar-refractivity contribution < 1.29 is 19.4 Å². The SMILES string of the molecule is CCOC(=O)Cl.N[C@@H](CC(=O)O)c1ccccc1. The van der Waals surface area contributed by atoms with Crippen molar-refractivity contribution in [2.75, 3.05) is 6.61 Å². The summed E-state index contributed by atoms with van der Waals surface area (Å²) in [6, 6.07) is 8.82. The Balaban J connectivity index is 0.000000411. The first kappa shape index (κ1) is 16.4. The van der Waals surface area contributed by atoms with E-state index in [2.05, 4.69) is 4.74 Å². The Labute approximate surface area is 111 Å². The maximum absolute atomic E-state index is 10.3. The highest BCUT2D eigenvalue weighted by Gasteiger charge is 2.08. The first-order valence-corrected chi connectivity index (χ1v) is 5.69. The lowest BCUT2D eigenvalue weighted by Gasteiger charge is -2.07. The number of carboxylic acid groups (broad SMARTS) is 1. The van der Waals surface area contributed by atoms with Gasteiger partial charge in [0.15, 0.2) is 0 Å². The Morgan fingerprint density at radius 1 is 1.39 bits per heavy atom. The Morgan fingerprint density at radius 2 is 1.94 bits per heavy atom. The zero-order chi connectivity index (χ0) is 14.0. The van der Waals surface area contributed by atoms with Crippen molar-refractivity contribution in [3.8, 4) is 0 Å². The summed E-state index contributed by atoms with van der Waals surface area (Å²) < 4.78 is 4.17. The van der Waals surface area contributed by atoms with Crippen LogP contribution in [0.15, 0.2) is 30.3 Å². The van der Waals surface area contributed by atoms with E-state index in [0.717, 1.165) is 5.56 Å². The molecule has 1 atom stereocenters. The number of rotatable bonds is 4. The lowest BCUT2D eigenvalue weighted by molar-refractivity contribution is -0.137. The molecule has 3 N–H and O–H groups in total. The number of hydrogen-bond acceptors (Lipinski definition) is 4. The Morgan fingerprint density at radius 3 is 2.28 bits per heavy atom. The molecular weight excluding hydrogens is 258 g/mol. The molecule has 0 unspecified atom stereocenters. The topological polar surface area (TPSA) is 89.6 Å². The molecule has 5 nitrogen and oxygen atoms in total. The summed E-state index contributed by atoms with van der Waals surface area (Å²) in [4.78, 5) is 19.9. The molecule has 6 heteroatoms. The number of carbonyl (C=O) groups is 2. The van der Waals surface area contributed by atoms with Gasteiger partial charge in [0.2, 0.25) is 0 Å². The lowest BCUT2D eigenvalue weighted by Crippen LogP contribution is -2.14. The minimum Gasteiger partial charge on any atom is -0.481 e. The molecule has 0 saturated heterocycles. The normalized spacial score (nSPS) is 10.8. The third kappa shape index (κ3) is 8.55. The van der Waals surface area contributed by atoms with Crippen LogP contribution < -0.4 is 5.73 Å². The van der Waals surface area contributed by atoms with Crippen molar-refractivity contribution in [1.82, 2.24) is 0 Å². The maximum atomic E-state index is 10.3. The van der Waals surface area contributed by atoms with Crippen molar-refractivity contribution >= 4 is 23.0 Å². The third-order valence-electron chi connectivity index (χ3n) is 1.88. The molecule has 0 aromatic heterocycles. The molecule has 0 bridgehead atoms. The van der Waals surface area contributed by atoms with Gasteiger partial charge in [-0.05, 0) is 12.5 Å². The summed E-state index contributed by atoms with van der Waals surface area (Å²) in [6.07, 6.45) is -0.0238. The predicted molar refractivity (Wildman–Crippen MR) is 68.5 cm³/mol. The van der Waals surface area contributed by atoms with Gasteiger partial charge in [-0.2, -0.15) is 0 Å². The summed E-state index contributed by atoms with van der Waals surface area (Å²) in [6.45, 7) is 2.04. The number of nitrogens with two attached hydrogens (primary N) is 1. The van der Waals surface area contributed by atoms with Crippen molar-refractivity contribution in [2.24, 2.45) is 5.73 Å². The van der Waals surface area contributed by atoms with Crippen LogP contribution in [-0.4, -0.2) is 23.1 Å². The second kappa shape index (κ2) is 9.44. The van der Waals surface area contributed by atoms with Gasteiger partial charge in [0.1, 0.15) is 0 Å². The fraction of sp³-hybridized carbons (Fsp3) is 0.333. The summed E-state index contributed by atoms with van der Waals surface area (Å²) in [5.41, 5.74) is 5.74. The van der Waals surface area contributed by atoms with Crippen LogP contribution in [0.5, 0.6) is 0 Å². The molecule has 1 aromatic rings. The van der Waals surface area contributed by atoms with Gasteiger partial charge < -0.3 is 15.6 Å². The molecule has 0 saturated carbocycles. The number of aliphatic carboxylic acids is 1. The second-order valence-corrected chi connectivity index (χ2v) is 3.59. The van der Waals surface area contributed by atoms with Gasteiger partial charge in [0.25, 0.3) is 0 Å². The van der Waals surface area contributed by atoms with Gasteiger partial charge in [0, 0.05) is 17.6 Å². The maximum Gasteiger partial charge on any atom is 0.403 e. The molecule has 1 aromatic carbocycles. The van der Waals surface area contributed by atoms with Gasteiger partial charge in [-0.1, -0.05) is 30.3 Å². The van der Waals surface area contributed by atoms with E-state index in [1.807, 2.05) is 30.3 Å². The van der Waals surface area contributed by atoms with Gasteiger partial charge >= 0.3 is 11.4 Å². The molecule has 100 valence electrons. The highest BCUT2D eigenvalue weighted by Crippen LogP contribution is 2.12. The number of benzene rings is 1. The number of carbonyl (C=O) groups excluding carboxylic acids is 1. The predicted octanol–water partition coefficient (Wildman–Crippen LogP) is 2.54.